The van der Waals surface area contributed by atoms with Gasteiger partial charge in [0.05, 0.1) is 17.6 Å². The summed E-state index contributed by atoms with van der Waals surface area (Å²) in [5, 5.41) is 11.9. The molecule has 0 spiro atoms. The van der Waals surface area contributed by atoms with E-state index in [9.17, 15) is 13.2 Å². The Balaban J connectivity index is 3.29. The topological polar surface area (TPSA) is 115 Å². The van der Waals surface area contributed by atoms with Gasteiger partial charge in [-0.15, -0.1) is 5.10 Å². The molecule has 1 aromatic rings. The molecule has 0 atom stereocenters. The summed E-state index contributed by atoms with van der Waals surface area (Å²) in [4.78, 5) is 10.5. The standard InChI is InChI=1S/C6H9N3O4S/c1-2-14(12,13)9-3-4(7)5(8-9)6(10)11/h3H,2,7H2,1H3,(H,10,11). The fraction of sp³-hybridized carbons (Fsp3) is 0.333. The van der Waals surface area contributed by atoms with Crippen LogP contribution >= 0.6 is 0 Å². The molecule has 0 saturated heterocycles. The van der Waals surface area contributed by atoms with Crippen LogP contribution in [0, 0.1) is 0 Å². The summed E-state index contributed by atoms with van der Waals surface area (Å²) in [5.74, 6) is -1.53. The van der Waals surface area contributed by atoms with Crippen molar-refractivity contribution in [2.75, 3.05) is 11.5 Å². The van der Waals surface area contributed by atoms with Crippen molar-refractivity contribution in [1.29, 1.82) is 0 Å². The summed E-state index contributed by atoms with van der Waals surface area (Å²) in [6.45, 7) is 1.42. The number of carboxylic acid groups (broad SMARTS) is 1. The van der Waals surface area contributed by atoms with Crippen molar-refractivity contribution < 1.29 is 18.3 Å². The molecular formula is C6H9N3O4S. The number of carbonyl (C=O) groups is 1. The molecular weight excluding hydrogens is 210 g/mol. The molecule has 0 radical (unpaired) electrons. The van der Waals surface area contributed by atoms with Crippen molar-refractivity contribution in [1.82, 2.24) is 9.19 Å². The van der Waals surface area contributed by atoms with E-state index in [0.717, 1.165) is 6.20 Å². The molecule has 0 bridgehead atoms. The maximum Gasteiger partial charge on any atom is 0.358 e. The van der Waals surface area contributed by atoms with E-state index in [-0.39, 0.29) is 11.4 Å². The molecule has 0 aromatic carbocycles. The molecule has 1 rings (SSSR count). The smallest absolute Gasteiger partial charge is 0.358 e. The zero-order chi connectivity index (χ0) is 10.9. The van der Waals surface area contributed by atoms with E-state index in [4.69, 9.17) is 10.8 Å². The van der Waals surface area contributed by atoms with E-state index in [0.29, 0.717) is 4.09 Å². The van der Waals surface area contributed by atoms with E-state index in [1.165, 1.54) is 6.92 Å². The highest BCUT2D eigenvalue weighted by molar-refractivity contribution is 7.89. The summed E-state index contributed by atoms with van der Waals surface area (Å²) in [7, 11) is -3.57. The summed E-state index contributed by atoms with van der Waals surface area (Å²) in [6.07, 6.45) is 0.974. The molecule has 7 nitrogen and oxygen atoms in total. The molecule has 14 heavy (non-hydrogen) atoms. The Morgan fingerprint density at radius 1 is 1.71 bits per heavy atom. The molecule has 0 unspecified atom stereocenters. The van der Waals surface area contributed by atoms with Crippen LogP contribution in [-0.4, -0.2) is 34.4 Å². The first kappa shape index (κ1) is 10.5. The van der Waals surface area contributed by atoms with Crippen LogP contribution in [-0.2, 0) is 10.0 Å². The van der Waals surface area contributed by atoms with Gasteiger partial charge in [-0.1, -0.05) is 0 Å². The number of aromatic nitrogens is 2. The lowest BCUT2D eigenvalue weighted by Crippen LogP contribution is -2.16. The van der Waals surface area contributed by atoms with E-state index in [1.54, 1.807) is 0 Å². The third-order valence-electron chi connectivity index (χ3n) is 1.57. The molecule has 0 fully saturated rings. The Morgan fingerprint density at radius 2 is 2.29 bits per heavy atom. The summed E-state index contributed by atoms with van der Waals surface area (Å²) in [6, 6.07) is 0. The molecule has 0 aliphatic carbocycles. The maximum absolute atomic E-state index is 11.2. The van der Waals surface area contributed by atoms with Gasteiger partial charge in [0.25, 0.3) is 10.0 Å². The van der Waals surface area contributed by atoms with Crippen LogP contribution in [0.3, 0.4) is 0 Å². The van der Waals surface area contributed by atoms with Crippen LogP contribution in [0.25, 0.3) is 0 Å². The Hall–Kier alpha value is -1.57. The lowest BCUT2D eigenvalue weighted by molar-refractivity contribution is 0.0691. The third-order valence-corrected chi connectivity index (χ3v) is 3.06. The second kappa shape index (κ2) is 3.29. The van der Waals surface area contributed by atoms with Gasteiger partial charge < -0.3 is 10.8 Å². The highest BCUT2D eigenvalue weighted by Gasteiger charge is 2.18. The lowest BCUT2D eigenvalue weighted by Gasteiger charge is -1.97. The van der Waals surface area contributed by atoms with E-state index in [2.05, 4.69) is 5.10 Å². The number of nitrogens with two attached hydrogens (primary N) is 1. The highest BCUT2D eigenvalue weighted by atomic mass is 32.2. The molecule has 3 N–H and O–H groups in total. The number of carboxylic acids is 1. The van der Waals surface area contributed by atoms with Crippen molar-refractivity contribution in [2.24, 2.45) is 0 Å². The van der Waals surface area contributed by atoms with Crippen LogP contribution in [0.2, 0.25) is 0 Å². The maximum atomic E-state index is 11.2. The zero-order valence-electron chi connectivity index (χ0n) is 7.34. The largest absolute Gasteiger partial charge is 0.476 e. The van der Waals surface area contributed by atoms with Gasteiger partial charge in [-0.2, -0.15) is 4.09 Å². The van der Waals surface area contributed by atoms with Gasteiger partial charge in [0.1, 0.15) is 0 Å². The summed E-state index contributed by atoms with van der Waals surface area (Å²) in [5.41, 5.74) is 4.64. The predicted octanol–water partition coefficient (Wildman–Crippen LogP) is -0.639. The third kappa shape index (κ3) is 1.69. The van der Waals surface area contributed by atoms with E-state index in [1.807, 2.05) is 0 Å². The van der Waals surface area contributed by atoms with Gasteiger partial charge in [-0.3, -0.25) is 0 Å². The number of rotatable bonds is 3. The molecule has 0 amide bonds. The zero-order valence-corrected chi connectivity index (χ0v) is 8.15. The lowest BCUT2D eigenvalue weighted by atomic mass is 10.4. The first-order valence-corrected chi connectivity index (χ1v) is 5.31. The van der Waals surface area contributed by atoms with Gasteiger partial charge in [0.2, 0.25) is 0 Å². The van der Waals surface area contributed by atoms with Crippen molar-refractivity contribution in [3.05, 3.63) is 11.9 Å². The van der Waals surface area contributed by atoms with Crippen LogP contribution in [0.4, 0.5) is 5.69 Å². The SMILES string of the molecule is CCS(=O)(=O)n1cc(N)c(C(=O)O)n1. The molecule has 1 heterocycles. The van der Waals surface area contributed by atoms with E-state index < -0.39 is 21.7 Å². The molecule has 0 saturated carbocycles. The predicted molar refractivity (Wildman–Crippen MR) is 48.5 cm³/mol. The minimum Gasteiger partial charge on any atom is -0.476 e. The number of aromatic carboxylic acids is 1. The van der Waals surface area contributed by atoms with Gasteiger partial charge >= 0.3 is 5.97 Å². The second-order valence-corrected chi connectivity index (χ2v) is 4.63. The first-order chi connectivity index (χ1) is 6.38. The number of hydrogen-bond acceptors (Lipinski definition) is 5. The molecule has 8 heteroatoms. The second-order valence-electron chi connectivity index (χ2n) is 2.51. The van der Waals surface area contributed by atoms with Gasteiger partial charge in [0, 0.05) is 0 Å². The minimum absolute atomic E-state index is 0.172. The number of nitrogen functional groups attached to an aromatic ring is 1. The highest BCUT2D eigenvalue weighted by Crippen LogP contribution is 2.10. The van der Waals surface area contributed by atoms with Crippen LogP contribution in [0.1, 0.15) is 17.4 Å². The van der Waals surface area contributed by atoms with Crippen molar-refractivity contribution in [3.8, 4) is 0 Å². The number of nitrogens with zero attached hydrogens (tertiary/aromatic N) is 2. The van der Waals surface area contributed by atoms with Crippen LogP contribution in [0.5, 0.6) is 0 Å². The fourth-order valence-corrected chi connectivity index (χ4v) is 1.55. The van der Waals surface area contributed by atoms with Crippen molar-refractivity contribution in [3.63, 3.8) is 0 Å². The summed E-state index contributed by atoms with van der Waals surface area (Å²) >= 11 is 0. The van der Waals surface area contributed by atoms with Crippen LogP contribution in [0.15, 0.2) is 6.20 Å². The number of hydrogen-bond donors (Lipinski definition) is 2. The average molecular weight is 219 g/mol. The van der Waals surface area contributed by atoms with Crippen molar-refractivity contribution >= 4 is 21.7 Å². The van der Waals surface area contributed by atoms with Gasteiger partial charge in [0.15, 0.2) is 5.69 Å². The van der Waals surface area contributed by atoms with E-state index >= 15 is 0 Å². The fourth-order valence-electron chi connectivity index (χ4n) is 0.806. The Bertz CT molecular complexity index is 461. The monoisotopic (exact) mass is 219 g/mol. The Labute approximate surface area is 80.2 Å². The minimum atomic E-state index is -3.57. The Morgan fingerprint density at radius 3 is 2.64 bits per heavy atom. The Kier molecular flexibility index (Phi) is 2.47. The van der Waals surface area contributed by atoms with Gasteiger partial charge in [-0.25, -0.2) is 13.2 Å². The molecule has 0 aliphatic heterocycles. The normalized spacial score (nSPS) is 11.5. The number of anilines is 1. The van der Waals surface area contributed by atoms with Crippen LogP contribution < -0.4 is 5.73 Å². The molecule has 1 aromatic heterocycles. The first-order valence-electron chi connectivity index (χ1n) is 3.70. The molecule has 0 aliphatic rings. The summed E-state index contributed by atoms with van der Waals surface area (Å²) < 4.78 is 23.1. The quantitative estimate of drug-likeness (QED) is 0.698. The van der Waals surface area contributed by atoms with Crippen molar-refractivity contribution in [2.45, 2.75) is 6.92 Å². The average Bonchev–Trinajstić information content (AvgIpc) is 2.48. The molecule has 78 valence electrons. The van der Waals surface area contributed by atoms with Gasteiger partial charge in [-0.05, 0) is 6.92 Å².